The molecule has 0 radical (unpaired) electrons. The lowest BCUT2D eigenvalue weighted by atomic mass is 9.66. The third-order valence-corrected chi connectivity index (χ3v) is 10.2. The number of carbonyl (C=O) groups is 1. The van der Waals surface area contributed by atoms with Gasteiger partial charge in [-0.2, -0.15) is 12.7 Å². The van der Waals surface area contributed by atoms with Crippen molar-refractivity contribution in [2.75, 3.05) is 23.1 Å². The lowest BCUT2D eigenvalue weighted by molar-refractivity contribution is -0.120. The van der Waals surface area contributed by atoms with Crippen LogP contribution in [-0.2, 0) is 20.4 Å². The molecule has 0 bridgehead atoms. The van der Waals surface area contributed by atoms with Gasteiger partial charge in [0, 0.05) is 18.7 Å². The summed E-state index contributed by atoms with van der Waals surface area (Å²) < 4.78 is 54.5. The van der Waals surface area contributed by atoms with Crippen molar-refractivity contribution < 1.29 is 32.5 Å². The largest absolute Gasteiger partial charge is 0.506 e. The normalized spacial score (nSPS) is 23.9. The highest BCUT2D eigenvalue weighted by atomic mass is 32.3. The molecule has 1 atom stereocenters. The molecule has 6 N–H and O–H groups in total. The number of Topliss-reactive ketones (excluding diaryl/α,β-unsaturated/α-hetero) is 1. The second-order valence-corrected chi connectivity index (χ2v) is 14.1. The van der Waals surface area contributed by atoms with E-state index in [0.717, 1.165) is 10.7 Å². The lowest BCUT2D eigenvalue weighted by Crippen LogP contribution is -2.55. The van der Waals surface area contributed by atoms with Crippen molar-refractivity contribution in [2.24, 2.45) is 10.3 Å². The average molecular weight is 577 g/mol. The first-order valence-corrected chi connectivity index (χ1v) is 15.5. The maximum Gasteiger partial charge on any atom is 0.301 e. The number of anilines is 2. The van der Waals surface area contributed by atoms with Gasteiger partial charge in [-0.05, 0) is 49.4 Å². The zero-order valence-corrected chi connectivity index (χ0v) is 23.4. The number of hydrogen-bond donors (Lipinski definition) is 6. The minimum Gasteiger partial charge on any atom is -0.506 e. The molecule has 13 heteroatoms. The van der Waals surface area contributed by atoms with E-state index in [4.69, 9.17) is 0 Å². The summed E-state index contributed by atoms with van der Waals surface area (Å²) in [5.74, 6) is -0.515. The highest BCUT2D eigenvalue weighted by Gasteiger charge is 2.46. The van der Waals surface area contributed by atoms with Crippen LogP contribution in [0.5, 0.6) is 0 Å². The van der Waals surface area contributed by atoms with Gasteiger partial charge in [-0.15, -0.1) is 4.40 Å². The first-order valence-electron chi connectivity index (χ1n) is 12.6. The van der Waals surface area contributed by atoms with E-state index in [1.807, 2.05) is 19.1 Å². The van der Waals surface area contributed by atoms with E-state index in [-0.39, 0.29) is 52.3 Å². The molecule has 0 spiro atoms. The van der Waals surface area contributed by atoms with Crippen LogP contribution < -0.4 is 10.0 Å². The molecule has 5 rings (SSSR count). The molecule has 0 aromatic heterocycles. The molecule has 1 aliphatic carbocycles. The summed E-state index contributed by atoms with van der Waals surface area (Å²) in [6.45, 7) is 5.90. The van der Waals surface area contributed by atoms with Crippen LogP contribution in [0.2, 0.25) is 0 Å². The van der Waals surface area contributed by atoms with Gasteiger partial charge in [0.25, 0.3) is 0 Å². The predicted octanol–water partition coefficient (Wildman–Crippen LogP) is 4.11. The van der Waals surface area contributed by atoms with E-state index in [0.29, 0.717) is 23.5 Å². The van der Waals surface area contributed by atoms with Gasteiger partial charge in [0.05, 0.1) is 22.9 Å². The SMILES string of the molecule is CC(C)CCC1(C)C(=O)C(C2=NS(O)(O)c3cc(NS(=O)(=O)N4CC(O)C4)ccc3N2)=C(O)c2ccccc21. The van der Waals surface area contributed by atoms with Gasteiger partial charge >= 0.3 is 10.2 Å². The molecule has 39 heavy (non-hydrogen) atoms. The minimum atomic E-state index is -3.94. The van der Waals surface area contributed by atoms with Gasteiger partial charge < -0.3 is 15.5 Å². The number of carbonyl (C=O) groups excluding carboxylic acids is 1. The first kappa shape index (κ1) is 27.6. The molecule has 11 nitrogen and oxygen atoms in total. The molecule has 1 unspecified atom stereocenters. The monoisotopic (exact) mass is 576 g/mol. The molecular formula is C26H32N4O7S2. The Hall–Kier alpha value is -2.94. The number of ketones is 1. The maximum atomic E-state index is 14.0. The summed E-state index contributed by atoms with van der Waals surface area (Å²) in [5.41, 5.74) is 0.354. The number of amidine groups is 1. The fraction of sp³-hybridized carbons (Fsp3) is 0.385. The van der Waals surface area contributed by atoms with Crippen LogP contribution in [0.1, 0.15) is 44.7 Å². The number of benzene rings is 2. The van der Waals surface area contributed by atoms with Crippen LogP contribution in [0, 0.1) is 5.92 Å². The Morgan fingerprint density at radius 1 is 1.21 bits per heavy atom. The third kappa shape index (κ3) is 4.83. The smallest absolute Gasteiger partial charge is 0.301 e. The highest BCUT2D eigenvalue weighted by Crippen LogP contribution is 2.57. The topological polar surface area (TPSA) is 172 Å². The summed E-state index contributed by atoms with van der Waals surface area (Å²) in [7, 11) is -7.83. The summed E-state index contributed by atoms with van der Waals surface area (Å²) in [4.78, 5) is 13.9. The molecule has 0 saturated carbocycles. The van der Waals surface area contributed by atoms with E-state index < -0.39 is 32.5 Å². The lowest BCUT2D eigenvalue weighted by Gasteiger charge is -2.39. The fourth-order valence-corrected chi connectivity index (χ4v) is 7.51. The standard InChI is InChI=1S/C26H32N4O7S2/c1-15(2)10-11-26(3)19-7-5-4-6-18(19)23(32)22(24(26)33)25-27-20-9-8-16(12-21(20)38(34,35)29-25)28-39(36,37)30-13-17(31)14-30/h4-9,12,15,17,28,31-32,34-35H,10-11,13-14H2,1-3H3,(H,27,29). The number of nitrogens with one attached hydrogen (secondary N) is 2. The van der Waals surface area contributed by atoms with Crippen molar-refractivity contribution >= 4 is 49.7 Å². The molecular weight excluding hydrogens is 544 g/mol. The second kappa shape index (κ2) is 9.61. The number of rotatable bonds is 7. The van der Waals surface area contributed by atoms with Crippen molar-refractivity contribution in [3.05, 3.63) is 59.2 Å². The zero-order chi connectivity index (χ0) is 28.3. The Morgan fingerprint density at radius 3 is 2.56 bits per heavy atom. The molecule has 2 heterocycles. The number of nitrogens with zero attached hydrogens (tertiary/aromatic N) is 2. The van der Waals surface area contributed by atoms with Crippen LogP contribution in [-0.4, -0.2) is 62.9 Å². The van der Waals surface area contributed by atoms with E-state index in [1.165, 1.54) is 18.2 Å². The van der Waals surface area contributed by atoms with Crippen LogP contribution in [0.15, 0.2) is 57.3 Å². The summed E-state index contributed by atoms with van der Waals surface area (Å²) in [6, 6.07) is 11.2. The van der Waals surface area contributed by atoms with Gasteiger partial charge in [-0.1, -0.05) is 48.9 Å². The fourth-order valence-electron chi connectivity index (χ4n) is 5.03. The van der Waals surface area contributed by atoms with Crippen molar-refractivity contribution in [3.8, 4) is 0 Å². The molecule has 1 saturated heterocycles. The molecule has 0 amide bonds. The Balaban J connectivity index is 1.51. The number of aliphatic hydroxyl groups is 2. The summed E-state index contributed by atoms with van der Waals surface area (Å²) in [6.07, 6.45) is 0.563. The quantitative estimate of drug-likeness (QED) is 0.286. The Labute approximate surface area is 228 Å². The number of fused-ring (bicyclic) bond motifs is 2. The zero-order valence-electron chi connectivity index (χ0n) is 21.7. The van der Waals surface area contributed by atoms with Crippen molar-refractivity contribution in [3.63, 3.8) is 0 Å². The average Bonchev–Trinajstić information content (AvgIpc) is 2.84. The van der Waals surface area contributed by atoms with Crippen molar-refractivity contribution in [2.45, 2.75) is 50.0 Å². The first-order chi connectivity index (χ1) is 18.2. The Bertz CT molecular complexity index is 1510. The van der Waals surface area contributed by atoms with Crippen molar-refractivity contribution in [1.82, 2.24) is 4.31 Å². The van der Waals surface area contributed by atoms with E-state index in [1.54, 1.807) is 12.1 Å². The van der Waals surface area contributed by atoms with Crippen molar-refractivity contribution in [1.29, 1.82) is 0 Å². The van der Waals surface area contributed by atoms with E-state index >= 15 is 0 Å². The molecule has 2 aromatic rings. The van der Waals surface area contributed by atoms with Gasteiger partial charge in [0.2, 0.25) is 0 Å². The van der Waals surface area contributed by atoms with E-state index in [2.05, 4.69) is 28.3 Å². The van der Waals surface area contributed by atoms with Crippen LogP contribution in [0.3, 0.4) is 0 Å². The number of β-amino-alcohol motifs (C(OH)–C–C–N with tert-alkyl or cyclic N) is 1. The minimum absolute atomic E-state index is 0.0312. The van der Waals surface area contributed by atoms with E-state index in [9.17, 15) is 32.5 Å². The molecule has 210 valence electrons. The summed E-state index contributed by atoms with van der Waals surface area (Å²) in [5, 5.41) is 23.6. The molecule has 2 aromatic carbocycles. The van der Waals surface area contributed by atoms with Gasteiger partial charge in [0.15, 0.2) is 11.6 Å². The summed E-state index contributed by atoms with van der Waals surface area (Å²) >= 11 is 0. The second-order valence-electron chi connectivity index (χ2n) is 10.7. The Morgan fingerprint density at radius 2 is 1.90 bits per heavy atom. The third-order valence-electron chi connectivity index (χ3n) is 7.36. The van der Waals surface area contributed by atoms with Crippen LogP contribution >= 0.6 is 10.8 Å². The van der Waals surface area contributed by atoms with Crippen LogP contribution in [0.25, 0.3) is 5.76 Å². The Kier molecular flexibility index (Phi) is 6.81. The van der Waals surface area contributed by atoms with Gasteiger partial charge in [-0.3, -0.25) is 18.6 Å². The molecule has 1 fully saturated rings. The maximum absolute atomic E-state index is 14.0. The van der Waals surface area contributed by atoms with Gasteiger partial charge in [-0.25, -0.2) is 0 Å². The number of aliphatic hydroxyl groups excluding tert-OH is 2. The molecule has 2 aliphatic heterocycles. The van der Waals surface area contributed by atoms with Crippen LogP contribution in [0.4, 0.5) is 11.4 Å². The van der Waals surface area contributed by atoms with Gasteiger partial charge in [0.1, 0.15) is 16.2 Å². The number of hydrogen-bond acceptors (Lipinski definition) is 9. The predicted molar refractivity (Wildman–Crippen MR) is 151 cm³/mol. The highest BCUT2D eigenvalue weighted by molar-refractivity contribution is 8.23. The molecule has 3 aliphatic rings.